The van der Waals surface area contributed by atoms with Crippen LogP contribution in [0.15, 0.2) is 6.07 Å². The lowest BCUT2D eigenvalue weighted by Gasteiger charge is -2.12. The number of aromatic nitrogens is 2. The normalized spacial score (nSPS) is 12.0. The molecule has 9 heteroatoms. The molecule has 0 unspecified atom stereocenters. The lowest BCUT2D eigenvalue weighted by atomic mass is 10.3. The highest BCUT2D eigenvalue weighted by molar-refractivity contribution is 7.89. The minimum atomic E-state index is -3.22. The molecule has 0 atom stereocenters. The first kappa shape index (κ1) is 15.9. The molecule has 0 saturated heterocycles. The summed E-state index contributed by atoms with van der Waals surface area (Å²) in [5.74, 6) is 1.19. The van der Waals surface area contributed by atoms with Crippen LogP contribution in [-0.2, 0) is 10.0 Å². The van der Waals surface area contributed by atoms with Gasteiger partial charge in [0.05, 0.1) is 11.1 Å². The van der Waals surface area contributed by atoms with Crippen molar-refractivity contribution in [3.63, 3.8) is 0 Å². The molecule has 0 aliphatic rings. The SMILES string of the molecule is CNc1nc(NCCS(=O)(=O)N(C)C)c2cc(C)sc2n1. The van der Waals surface area contributed by atoms with Crippen molar-refractivity contribution in [2.75, 3.05) is 44.1 Å². The lowest BCUT2D eigenvalue weighted by Crippen LogP contribution is -2.28. The second-order valence-electron chi connectivity index (χ2n) is 4.75. The number of rotatable bonds is 6. The highest BCUT2D eigenvalue weighted by atomic mass is 32.2. The summed E-state index contributed by atoms with van der Waals surface area (Å²) in [4.78, 5) is 10.8. The molecule has 2 heterocycles. The van der Waals surface area contributed by atoms with Crippen LogP contribution in [0.25, 0.3) is 10.2 Å². The molecule has 0 radical (unpaired) electrons. The van der Waals surface area contributed by atoms with E-state index < -0.39 is 10.0 Å². The first-order valence-electron chi connectivity index (χ1n) is 6.43. The molecule has 7 nitrogen and oxygen atoms in total. The van der Waals surface area contributed by atoms with Gasteiger partial charge >= 0.3 is 0 Å². The van der Waals surface area contributed by atoms with E-state index in [9.17, 15) is 8.42 Å². The number of fused-ring (bicyclic) bond motifs is 1. The van der Waals surface area contributed by atoms with E-state index in [0.717, 1.165) is 15.1 Å². The van der Waals surface area contributed by atoms with E-state index in [1.54, 1.807) is 18.4 Å². The summed E-state index contributed by atoms with van der Waals surface area (Å²) >= 11 is 1.58. The molecule has 2 N–H and O–H groups in total. The molecule has 2 rings (SSSR count). The molecule has 0 spiro atoms. The second kappa shape index (κ2) is 6.12. The molecular formula is C12H19N5O2S2. The fraction of sp³-hybridized carbons (Fsp3) is 0.500. The Balaban J connectivity index is 2.21. The van der Waals surface area contributed by atoms with Crippen LogP contribution < -0.4 is 10.6 Å². The van der Waals surface area contributed by atoms with Gasteiger partial charge in [-0.25, -0.2) is 17.7 Å². The predicted octanol–water partition coefficient (Wildman–Crippen LogP) is 1.34. The highest BCUT2D eigenvalue weighted by Gasteiger charge is 2.14. The second-order valence-corrected chi connectivity index (χ2v) is 8.28. The number of anilines is 2. The Hall–Kier alpha value is -1.45. The maximum atomic E-state index is 11.8. The van der Waals surface area contributed by atoms with E-state index in [1.165, 1.54) is 18.4 Å². The summed E-state index contributed by atoms with van der Waals surface area (Å²) in [7, 11) is 1.59. The zero-order valence-corrected chi connectivity index (χ0v) is 14.1. The van der Waals surface area contributed by atoms with Gasteiger partial charge < -0.3 is 10.6 Å². The molecule has 2 aromatic rings. The third-order valence-corrected chi connectivity index (χ3v) is 5.73. The molecule has 0 aliphatic carbocycles. The van der Waals surface area contributed by atoms with Gasteiger partial charge in [0, 0.05) is 32.6 Å². The van der Waals surface area contributed by atoms with E-state index in [1.807, 2.05) is 13.0 Å². The molecule has 2 aromatic heterocycles. The smallest absolute Gasteiger partial charge is 0.225 e. The topological polar surface area (TPSA) is 87.2 Å². The van der Waals surface area contributed by atoms with Gasteiger partial charge in [0.1, 0.15) is 10.6 Å². The molecule has 0 aliphatic heterocycles. The fourth-order valence-electron chi connectivity index (χ4n) is 1.77. The van der Waals surface area contributed by atoms with Crippen molar-refractivity contribution in [2.24, 2.45) is 0 Å². The van der Waals surface area contributed by atoms with Gasteiger partial charge in [-0.2, -0.15) is 4.98 Å². The van der Waals surface area contributed by atoms with Crippen LogP contribution in [0.2, 0.25) is 0 Å². The fourth-order valence-corrected chi connectivity index (χ4v) is 3.37. The van der Waals surface area contributed by atoms with Crippen LogP contribution in [0.4, 0.5) is 11.8 Å². The third-order valence-electron chi connectivity index (χ3n) is 2.95. The summed E-state index contributed by atoms with van der Waals surface area (Å²) in [5, 5.41) is 6.92. The van der Waals surface area contributed by atoms with Crippen molar-refractivity contribution in [1.82, 2.24) is 14.3 Å². The van der Waals surface area contributed by atoms with Gasteiger partial charge in [0.25, 0.3) is 0 Å². The largest absolute Gasteiger partial charge is 0.368 e. The molecule has 21 heavy (non-hydrogen) atoms. The first-order valence-corrected chi connectivity index (χ1v) is 8.86. The number of thiophene rings is 1. The predicted molar refractivity (Wildman–Crippen MR) is 87.7 cm³/mol. The van der Waals surface area contributed by atoms with E-state index in [0.29, 0.717) is 18.3 Å². The Morgan fingerprint density at radius 2 is 2.05 bits per heavy atom. The molecule has 116 valence electrons. The monoisotopic (exact) mass is 329 g/mol. The summed E-state index contributed by atoms with van der Waals surface area (Å²) in [5.41, 5.74) is 0. The Morgan fingerprint density at radius 3 is 2.67 bits per heavy atom. The van der Waals surface area contributed by atoms with Gasteiger partial charge in [-0.3, -0.25) is 0 Å². The Kier molecular flexibility index (Phi) is 4.64. The van der Waals surface area contributed by atoms with Crippen molar-refractivity contribution in [2.45, 2.75) is 6.92 Å². The van der Waals surface area contributed by atoms with Crippen molar-refractivity contribution < 1.29 is 8.42 Å². The average molecular weight is 329 g/mol. The van der Waals surface area contributed by atoms with Gasteiger partial charge in [0.2, 0.25) is 16.0 Å². The van der Waals surface area contributed by atoms with Crippen molar-refractivity contribution in [3.8, 4) is 0 Å². The van der Waals surface area contributed by atoms with Gasteiger partial charge in [-0.1, -0.05) is 0 Å². The Bertz CT molecular complexity index is 739. The van der Waals surface area contributed by atoms with Gasteiger partial charge in [-0.05, 0) is 13.0 Å². The molecule has 0 fully saturated rings. The average Bonchev–Trinajstić information content (AvgIpc) is 2.78. The number of hydrogen-bond acceptors (Lipinski definition) is 7. The summed E-state index contributed by atoms with van der Waals surface area (Å²) < 4.78 is 24.7. The van der Waals surface area contributed by atoms with E-state index in [2.05, 4.69) is 20.6 Å². The number of hydrogen-bond donors (Lipinski definition) is 2. The molecule has 0 amide bonds. The first-order chi connectivity index (χ1) is 9.83. The lowest BCUT2D eigenvalue weighted by molar-refractivity contribution is 0.521. The van der Waals surface area contributed by atoms with Crippen molar-refractivity contribution in [1.29, 1.82) is 0 Å². The van der Waals surface area contributed by atoms with Crippen LogP contribution in [0.5, 0.6) is 0 Å². The van der Waals surface area contributed by atoms with Crippen LogP contribution in [0, 0.1) is 6.92 Å². The van der Waals surface area contributed by atoms with Crippen molar-refractivity contribution in [3.05, 3.63) is 10.9 Å². The zero-order valence-electron chi connectivity index (χ0n) is 12.5. The van der Waals surface area contributed by atoms with Crippen LogP contribution >= 0.6 is 11.3 Å². The molecule has 0 saturated carbocycles. The standard InChI is InChI=1S/C12H19N5O2S2/c1-8-7-9-10(14-5-6-21(18,19)17(3)4)15-12(13-2)16-11(9)20-8/h7H,5-6H2,1-4H3,(H2,13,14,15,16). The maximum Gasteiger partial charge on any atom is 0.225 e. The number of aryl methyl sites for hydroxylation is 1. The number of sulfonamides is 1. The highest BCUT2D eigenvalue weighted by Crippen LogP contribution is 2.29. The Morgan fingerprint density at radius 1 is 1.33 bits per heavy atom. The van der Waals surface area contributed by atoms with E-state index in [4.69, 9.17) is 0 Å². The zero-order chi connectivity index (χ0) is 15.6. The number of nitrogens with one attached hydrogen (secondary N) is 2. The van der Waals surface area contributed by atoms with Crippen LogP contribution in [0.3, 0.4) is 0 Å². The van der Waals surface area contributed by atoms with E-state index in [-0.39, 0.29) is 5.75 Å². The van der Waals surface area contributed by atoms with Gasteiger partial charge in [0.15, 0.2) is 0 Å². The Labute approximate surface area is 128 Å². The maximum absolute atomic E-state index is 11.8. The summed E-state index contributed by atoms with van der Waals surface area (Å²) in [6.45, 7) is 2.30. The van der Waals surface area contributed by atoms with Crippen LogP contribution in [-0.4, -0.2) is 56.1 Å². The van der Waals surface area contributed by atoms with Gasteiger partial charge in [-0.15, -0.1) is 11.3 Å². The third kappa shape index (κ3) is 3.60. The van der Waals surface area contributed by atoms with Crippen LogP contribution in [0.1, 0.15) is 4.88 Å². The van der Waals surface area contributed by atoms with E-state index >= 15 is 0 Å². The molecule has 0 aromatic carbocycles. The minimum Gasteiger partial charge on any atom is -0.368 e. The molecule has 0 bridgehead atoms. The summed E-state index contributed by atoms with van der Waals surface area (Å²) in [6, 6.07) is 2.00. The summed E-state index contributed by atoms with van der Waals surface area (Å²) in [6.07, 6.45) is 0. The number of nitrogens with zero attached hydrogens (tertiary/aromatic N) is 3. The quantitative estimate of drug-likeness (QED) is 0.832. The van der Waals surface area contributed by atoms with Crippen molar-refractivity contribution >= 4 is 43.3 Å². The molecular weight excluding hydrogens is 310 g/mol. The minimum absolute atomic E-state index is 0.0174.